The van der Waals surface area contributed by atoms with Crippen LogP contribution in [0.2, 0.25) is 0 Å². The SMILES string of the molecule is OC1(Cc2ccc(OC3CCC3)cc2)CC1. The van der Waals surface area contributed by atoms with Crippen molar-refractivity contribution < 1.29 is 9.84 Å². The van der Waals surface area contributed by atoms with Crippen molar-refractivity contribution in [3.05, 3.63) is 29.8 Å². The molecule has 0 saturated heterocycles. The Morgan fingerprint density at radius 3 is 2.38 bits per heavy atom. The fraction of sp³-hybridized carbons (Fsp3) is 0.571. The van der Waals surface area contributed by atoms with Crippen molar-refractivity contribution in [2.45, 2.75) is 50.2 Å². The first-order valence-corrected chi connectivity index (χ1v) is 6.22. The molecular weight excluding hydrogens is 200 g/mol. The van der Waals surface area contributed by atoms with Crippen molar-refractivity contribution in [3.8, 4) is 5.75 Å². The van der Waals surface area contributed by atoms with Crippen molar-refractivity contribution >= 4 is 0 Å². The van der Waals surface area contributed by atoms with Crippen LogP contribution in [0, 0.1) is 0 Å². The van der Waals surface area contributed by atoms with Crippen LogP contribution >= 0.6 is 0 Å². The monoisotopic (exact) mass is 218 g/mol. The molecule has 86 valence electrons. The molecule has 2 nitrogen and oxygen atoms in total. The van der Waals surface area contributed by atoms with Crippen molar-refractivity contribution in [3.63, 3.8) is 0 Å². The van der Waals surface area contributed by atoms with Crippen LogP contribution in [-0.2, 0) is 6.42 Å². The normalized spacial score (nSPS) is 22.6. The maximum absolute atomic E-state index is 9.81. The molecule has 2 saturated carbocycles. The molecule has 1 aromatic carbocycles. The van der Waals surface area contributed by atoms with Gasteiger partial charge in [-0.3, -0.25) is 0 Å². The molecule has 0 radical (unpaired) electrons. The number of benzene rings is 1. The molecule has 2 aliphatic carbocycles. The largest absolute Gasteiger partial charge is 0.490 e. The summed E-state index contributed by atoms with van der Waals surface area (Å²) in [5.74, 6) is 0.969. The molecule has 1 N–H and O–H groups in total. The highest BCUT2D eigenvalue weighted by Gasteiger charge is 2.39. The zero-order valence-corrected chi connectivity index (χ0v) is 9.48. The van der Waals surface area contributed by atoms with Crippen molar-refractivity contribution in [1.82, 2.24) is 0 Å². The minimum absolute atomic E-state index is 0.393. The second-order valence-electron chi connectivity index (χ2n) is 5.22. The van der Waals surface area contributed by atoms with Gasteiger partial charge in [0.1, 0.15) is 5.75 Å². The first kappa shape index (κ1) is 10.2. The first-order chi connectivity index (χ1) is 7.73. The quantitative estimate of drug-likeness (QED) is 0.842. The van der Waals surface area contributed by atoms with Gasteiger partial charge >= 0.3 is 0 Å². The molecule has 0 spiro atoms. The fourth-order valence-electron chi connectivity index (χ4n) is 2.07. The molecule has 1 aromatic rings. The smallest absolute Gasteiger partial charge is 0.119 e. The van der Waals surface area contributed by atoms with E-state index in [-0.39, 0.29) is 0 Å². The van der Waals surface area contributed by atoms with Gasteiger partial charge in [0, 0.05) is 6.42 Å². The highest BCUT2D eigenvalue weighted by Crippen LogP contribution is 2.38. The van der Waals surface area contributed by atoms with Crippen LogP contribution in [0.5, 0.6) is 5.75 Å². The zero-order valence-electron chi connectivity index (χ0n) is 9.48. The number of hydrogen-bond acceptors (Lipinski definition) is 2. The molecular formula is C14H18O2. The molecule has 0 aliphatic heterocycles. The summed E-state index contributed by atoms with van der Waals surface area (Å²) in [7, 11) is 0. The second-order valence-corrected chi connectivity index (χ2v) is 5.22. The third-order valence-electron chi connectivity index (χ3n) is 3.64. The van der Waals surface area contributed by atoms with E-state index in [1.54, 1.807) is 0 Å². The molecule has 0 amide bonds. The van der Waals surface area contributed by atoms with Gasteiger partial charge in [-0.1, -0.05) is 12.1 Å². The standard InChI is InChI=1S/C14H18O2/c15-14(8-9-14)10-11-4-6-13(7-5-11)16-12-2-1-3-12/h4-7,12,15H,1-3,8-10H2. The predicted octanol–water partition coefficient (Wildman–Crippen LogP) is 2.69. The van der Waals surface area contributed by atoms with Crippen LogP contribution in [-0.4, -0.2) is 16.8 Å². The maximum atomic E-state index is 9.81. The van der Waals surface area contributed by atoms with Crippen LogP contribution in [0.25, 0.3) is 0 Å². The predicted molar refractivity (Wildman–Crippen MR) is 62.6 cm³/mol. The van der Waals surface area contributed by atoms with Gasteiger partial charge < -0.3 is 9.84 Å². The Balaban J connectivity index is 1.60. The number of ether oxygens (including phenoxy) is 1. The lowest BCUT2D eigenvalue weighted by molar-refractivity contribution is 0.120. The molecule has 16 heavy (non-hydrogen) atoms. The Labute approximate surface area is 96.2 Å². The Hall–Kier alpha value is -1.02. The summed E-state index contributed by atoms with van der Waals surface area (Å²) in [4.78, 5) is 0. The van der Waals surface area contributed by atoms with Gasteiger partial charge in [0.15, 0.2) is 0 Å². The summed E-state index contributed by atoms with van der Waals surface area (Å²) < 4.78 is 5.79. The van der Waals surface area contributed by atoms with Gasteiger partial charge in [0.2, 0.25) is 0 Å². The fourth-order valence-corrected chi connectivity index (χ4v) is 2.07. The van der Waals surface area contributed by atoms with E-state index in [0.717, 1.165) is 25.0 Å². The topological polar surface area (TPSA) is 29.5 Å². The molecule has 0 atom stereocenters. The van der Waals surface area contributed by atoms with E-state index in [1.807, 2.05) is 12.1 Å². The molecule has 0 aromatic heterocycles. The Morgan fingerprint density at radius 2 is 1.88 bits per heavy atom. The van der Waals surface area contributed by atoms with E-state index in [1.165, 1.54) is 24.8 Å². The molecule has 2 fully saturated rings. The van der Waals surface area contributed by atoms with Gasteiger partial charge in [-0.25, -0.2) is 0 Å². The highest BCUT2D eigenvalue weighted by atomic mass is 16.5. The average Bonchev–Trinajstić information content (AvgIpc) is 2.92. The summed E-state index contributed by atoms with van der Waals surface area (Å²) in [6, 6.07) is 8.20. The van der Waals surface area contributed by atoms with Crippen molar-refractivity contribution in [2.24, 2.45) is 0 Å². The molecule has 0 bridgehead atoms. The van der Waals surface area contributed by atoms with Gasteiger partial charge in [0.25, 0.3) is 0 Å². The molecule has 2 aliphatic rings. The van der Waals surface area contributed by atoms with E-state index in [9.17, 15) is 5.11 Å². The van der Waals surface area contributed by atoms with Gasteiger partial charge in [-0.15, -0.1) is 0 Å². The van der Waals surface area contributed by atoms with E-state index >= 15 is 0 Å². The van der Waals surface area contributed by atoms with Crippen LogP contribution in [0.15, 0.2) is 24.3 Å². The van der Waals surface area contributed by atoms with Gasteiger partial charge in [-0.2, -0.15) is 0 Å². The van der Waals surface area contributed by atoms with Crippen LogP contribution in [0.1, 0.15) is 37.7 Å². The lowest BCUT2D eigenvalue weighted by atomic mass is 9.96. The summed E-state index contributed by atoms with van der Waals surface area (Å²) >= 11 is 0. The van der Waals surface area contributed by atoms with Crippen LogP contribution in [0.4, 0.5) is 0 Å². The van der Waals surface area contributed by atoms with Crippen molar-refractivity contribution in [2.75, 3.05) is 0 Å². The molecule has 3 rings (SSSR count). The number of rotatable bonds is 4. The Morgan fingerprint density at radius 1 is 1.19 bits per heavy atom. The summed E-state index contributed by atoms with van der Waals surface area (Å²) in [5, 5.41) is 9.81. The molecule has 2 heteroatoms. The molecule has 0 heterocycles. The summed E-state index contributed by atoms with van der Waals surface area (Å²) in [6.45, 7) is 0. The Kier molecular flexibility index (Phi) is 2.40. The number of hydrogen-bond donors (Lipinski definition) is 1. The minimum atomic E-state index is -0.393. The number of aliphatic hydroxyl groups is 1. The van der Waals surface area contributed by atoms with Crippen LogP contribution in [0.3, 0.4) is 0 Å². The third kappa shape index (κ3) is 2.22. The van der Waals surface area contributed by atoms with E-state index in [0.29, 0.717) is 6.10 Å². The maximum Gasteiger partial charge on any atom is 0.119 e. The molecule has 0 unspecified atom stereocenters. The minimum Gasteiger partial charge on any atom is -0.490 e. The first-order valence-electron chi connectivity index (χ1n) is 6.22. The third-order valence-corrected chi connectivity index (χ3v) is 3.64. The zero-order chi connectivity index (χ0) is 11.0. The second kappa shape index (κ2) is 3.77. The average molecular weight is 218 g/mol. The Bertz CT molecular complexity index is 361. The van der Waals surface area contributed by atoms with E-state index in [4.69, 9.17) is 4.74 Å². The highest BCUT2D eigenvalue weighted by molar-refractivity contribution is 5.29. The van der Waals surface area contributed by atoms with Crippen LogP contribution < -0.4 is 4.74 Å². The van der Waals surface area contributed by atoms with Gasteiger partial charge in [-0.05, 0) is 49.8 Å². The summed E-state index contributed by atoms with van der Waals surface area (Å²) in [6.07, 6.45) is 6.83. The van der Waals surface area contributed by atoms with E-state index < -0.39 is 5.60 Å². The lowest BCUT2D eigenvalue weighted by Gasteiger charge is -2.26. The van der Waals surface area contributed by atoms with E-state index in [2.05, 4.69) is 12.1 Å². The summed E-state index contributed by atoms with van der Waals surface area (Å²) in [5.41, 5.74) is 0.817. The van der Waals surface area contributed by atoms with Gasteiger partial charge in [0.05, 0.1) is 11.7 Å². The lowest BCUT2D eigenvalue weighted by Crippen LogP contribution is -2.24. The van der Waals surface area contributed by atoms with Crippen molar-refractivity contribution in [1.29, 1.82) is 0 Å².